The molecule has 0 aliphatic heterocycles. The van der Waals surface area contributed by atoms with Gasteiger partial charge in [0, 0.05) is 12.0 Å². The third-order valence-corrected chi connectivity index (χ3v) is 6.35. The van der Waals surface area contributed by atoms with Gasteiger partial charge in [0.15, 0.2) is 15.4 Å². The van der Waals surface area contributed by atoms with E-state index in [-0.39, 0.29) is 23.6 Å². The fourth-order valence-corrected chi connectivity index (χ4v) is 4.49. The Morgan fingerprint density at radius 2 is 1.82 bits per heavy atom. The third kappa shape index (κ3) is 6.58. The van der Waals surface area contributed by atoms with Gasteiger partial charge in [-0.2, -0.15) is 8.78 Å². The molecule has 0 radical (unpaired) electrons. The van der Waals surface area contributed by atoms with Crippen molar-refractivity contribution in [2.24, 2.45) is 0 Å². The van der Waals surface area contributed by atoms with Crippen molar-refractivity contribution < 1.29 is 35.9 Å². The molecule has 3 aromatic rings. The molecule has 176 valence electrons. The Labute approximate surface area is 188 Å². The number of sulfone groups is 1. The summed E-state index contributed by atoms with van der Waals surface area (Å²) >= 11 is 0. The van der Waals surface area contributed by atoms with Crippen LogP contribution in [0.1, 0.15) is 36.0 Å². The van der Waals surface area contributed by atoms with Crippen LogP contribution in [0.2, 0.25) is 0 Å². The van der Waals surface area contributed by atoms with E-state index in [0.29, 0.717) is 11.1 Å². The maximum Gasteiger partial charge on any atom is 0.387 e. The highest BCUT2D eigenvalue weighted by Crippen LogP contribution is 2.23. The number of hydrogen-bond donors (Lipinski definition) is 1. The number of nitrogens with one attached hydrogen (secondary N) is 1. The van der Waals surface area contributed by atoms with Gasteiger partial charge in [0.2, 0.25) is 11.7 Å². The van der Waals surface area contributed by atoms with Crippen molar-refractivity contribution in [1.29, 1.82) is 0 Å². The minimum Gasteiger partial charge on any atom is -0.435 e. The summed E-state index contributed by atoms with van der Waals surface area (Å²) in [4.78, 5) is 29.1. The van der Waals surface area contributed by atoms with Crippen molar-refractivity contribution in [1.82, 2.24) is 10.3 Å². The number of alkyl halides is 2. The van der Waals surface area contributed by atoms with E-state index in [1.165, 1.54) is 24.3 Å². The van der Waals surface area contributed by atoms with Gasteiger partial charge in [-0.15, -0.1) is 0 Å². The van der Waals surface area contributed by atoms with Gasteiger partial charge in [0.05, 0.1) is 17.5 Å². The number of carbonyl (C=O) groups excluding carboxylic acids is 2. The maximum atomic E-state index is 12.7. The van der Waals surface area contributed by atoms with Crippen molar-refractivity contribution in [3.8, 4) is 5.75 Å². The topological polar surface area (TPSA) is 116 Å². The summed E-state index contributed by atoms with van der Waals surface area (Å²) < 4.78 is 59.7. The predicted octanol–water partition coefficient (Wildman–Crippen LogP) is 3.51. The van der Waals surface area contributed by atoms with E-state index in [9.17, 15) is 26.8 Å². The van der Waals surface area contributed by atoms with Gasteiger partial charge in [-0.1, -0.05) is 37.3 Å². The minimum absolute atomic E-state index is 0.0655. The van der Waals surface area contributed by atoms with E-state index < -0.39 is 52.1 Å². The number of amides is 1. The van der Waals surface area contributed by atoms with Crippen LogP contribution in [0, 0.1) is 0 Å². The molecule has 1 amide bonds. The van der Waals surface area contributed by atoms with Crippen LogP contribution in [0.25, 0.3) is 11.1 Å². The summed E-state index contributed by atoms with van der Waals surface area (Å²) in [5.41, 5.74) is 1.00. The van der Waals surface area contributed by atoms with Crippen LogP contribution in [0.3, 0.4) is 0 Å². The second-order valence-electron chi connectivity index (χ2n) is 7.21. The SMILES string of the molecule is CC[C@H](NC(=O)CCS(=O)(=O)Cc1ccccc1OC(F)F)C(=O)c1nc2ccccc2o1. The number of ketones is 1. The van der Waals surface area contributed by atoms with Crippen molar-refractivity contribution in [2.75, 3.05) is 5.75 Å². The highest BCUT2D eigenvalue weighted by molar-refractivity contribution is 7.90. The molecule has 0 bridgehead atoms. The molecular formula is C22H22F2N2O6S. The van der Waals surface area contributed by atoms with Crippen LogP contribution in [0.5, 0.6) is 5.75 Å². The zero-order valence-electron chi connectivity index (χ0n) is 17.7. The number of para-hydroxylation sites is 3. The Kier molecular flexibility index (Phi) is 7.75. The van der Waals surface area contributed by atoms with Gasteiger partial charge < -0.3 is 14.5 Å². The van der Waals surface area contributed by atoms with E-state index in [1.54, 1.807) is 31.2 Å². The molecule has 0 aliphatic rings. The number of aromatic nitrogens is 1. The summed E-state index contributed by atoms with van der Waals surface area (Å²) in [6.07, 6.45) is -0.161. The maximum absolute atomic E-state index is 12.7. The van der Waals surface area contributed by atoms with Gasteiger partial charge in [0.25, 0.3) is 5.89 Å². The van der Waals surface area contributed by atoms with Gasteiger partial charge in [-0.25, -0.2) is 13.4 Å². The van der Waals surface area contributed by atoms with Crippen LogP contribution in [0.4, 0.5) is 8.78 Å². The first-order valence-corrected chi connectivity index (χ1v) is 11.9. The van der Waals surface area contributed by atoms with Crippen LogP contribution >= 0.6 is 0 Å². The number of rotatable bonds is 11. The number of carbonyl (C=O) groups is 2. The number of halogens is 2. The molecule has 1 heterocycles. The third-order valence-electron chi connectivity index (χ3n) is 4.77. The van der Waals surface area contributed by atoms with Gasteiger partial charge >= 0.3 is 6.61 Å². The van der Waals surface area contributed by atoms with E-state index in [1.807, 2.05) is 0 Å². The van der Waals surface area contributed by atoms with E-state index >= 15 is 0 Å². The zero-order chi connectivity index (χ0) is 24.0. The first-order chi connectivity index (χ1) is 15.7. The highest BCUT2D eigenvalue weighted by Gasteiger charge is 2.26. The molecular weight excluding hydrogens is 458 g/mol. The number of nitrogens with zero attached hydrogens (tertiary/aromatic N) is 1. The Morgan fingerprint density at radius 3 is 2.52 bits per heavy atom. The molecule has 1 atom stereocenters. The summed E-state index contributed by atoms with van der Waals surface area (Å²) in [7, 11) is -3.82. The highest BCUT2D eigenvalue weighted by atomic mass is 32.2. The molecule has 0 spiro atoms. The lowest BCUT2D eigenvalue weighted by Crippen LogP contribution is -2.41. The zero-order valence-corrected chi connectivity index (χ0v) is 18.5. The Balaban J connectivity index is 1.59. The lowest BCUT2D eigenvalue weighted by molar-refractivity contribution is -0.121. The largest absolute Gasteiger partial charge is 0.435 e. The number of benzene rings is 2. The first-order valence-electron chi connectivity index (χ1n) is 10.1. The summed E-state index contributed by atoms with van der Waals surface area (Å²) in [5.74, 6) is -2.66. The smallest absolute Gasteiger partial charge is 0.387 e. The molecule has 8 nitrogen and oxygen atoms in total. The number of fused-ring (bicyclic) bond motifs is 1. The number of hydrogen-bond acceptors (Lipinski definition) is 7. The van der Waals surface area contributed by atoms with E-state index in [4.69, 9.17) is 4.42 Å². The molecule has 33 heavy (non-hydrogen) atoms. The quantitative estimate of drug-likeness (QED) is 0.418. The molecule has 0 saturated carbocycles. The van der Waals surface area contributed by atoms with Gasteiger partial charge in [-0.3, -0.25) is 9.59 Å². The molecule has 1 N–H and O–H groups in total. The standard InChI is InChI=1S/C22H22F2N2O6S/c1-2-15(20(28)21-26-16-8-4-6-10-18(16)31-21)25-19(27)11-12-33(29,30)13-14-7-3-5-9-17(14)32-22(23)24/h3-10,15,22H,2,11-13H2,1H3,(H,25,27)/t15-/m0/s1. The Bertz CT molecular complexity index is 1210. The Morgan fingerprint density at radius 1 is 1.12 bits per heavy atom. The van der Waals surface area contributed by atoms with Crippen LogP contribution in [-0.2, 0) is 20.4 Å². The average molecular weight is 480 g/mol. The molecule has 0 unspecified atom stereocenters. The monoisotopic (exact) mass is 480 g/mol. The van der Waals surface area contributed by atoms with Crippen molar-refractivity contribution in [2.45, 2.75) is 38.2 Å². The summed E-state index contributed by atoms with van der Waals surface area (Å²) in [5, 5.41) is 2.51. The van der Waals surface area contributed by atoms with Crippen LogP contribution < -0.4 is 10.1 Å². The van der Waals surface area contributed by atoms with Gasteiger partial charge in [0.1, 0.15) is 11.3 Å². The van der Waals surface area contributed by atoms with Crippen molar-refractivity contribution >= 4 is 32.6 Å². The van der Waals surface area contributed by atoms with E-state index in [0.717, 1.165) is 0 Å². The molecule has 2 aromatic carbocycles. The second kappa shape index (κ2) is 10.5. The number of Topliss-reactive ketones (excluding diaryl/α,β-unsaturated/α-hetero) is 1. The lowest BCUT2D eigenvalue weighted by Gasteiger charge is -2.14. The van der Waals surface area contributed by atoms with Crippen LogP contribution in [-0.4, -0.2) is 43.5 Å². The summed E-state index contributed by atoms with van der Waals surface area (Å²) in [6, 6.07) is 11.4. The molecule has 0 fully saturated rings. The van der Waals surface area contributed by atoms with Crippen molar-refractivity contribution in [3.05, 3.63) is 60.0 Å². The number of ether oxygens (including phenoxy) is 1. The Hall–Kier alpha value is -3.34. The molecule has 3 rings (SSSR count). The van der Waals surface area contributed by atoms with E-state index in [2.05, 4.69) is 15.0 Å². The lowest BCUT2D eigenvalue weighted by atomic mass is 10.1. The fraction of sp³-hybridized carbons (Fsp3) is 0.318. The predicted molar refractivity (Wildman–Crippen MR) is 116 cm³/mol. The second-order valence-corrected chi connectivity index (χ2v) is 9.39. The molecule has 11 heteroatoms. The fourth-order valence-electron chi connectivity index (χ4n) is 3.14. The molecule has 0 aliphatic carbocycles. The minimum atomic E-state index is -3.82. The average Bonchev–Trinajstić information content (AvgIpc) is 3.21. The first kappa shape index (κ1) is 24.3. The molecule has 0 saturated heterocycles. The number of oxazole rings is 1. The van der Waals surface area contributed by atoms with Crippen molar-refractivity contribution in [3.63, 3.8) is 0 Å². The van der Waals surface area contributed by atoms with Gasteiger partial charge in [-0.05, 0) is 24.6 Å². The summed E-state index contributed by atoms with van der Waals surface area (Å²) in [6.45, 7) is -1.41. The normalized spacial score (nSPS) is 12.6. The molecule has 1 aromatic heterocycles. The van der Waals surface area contributed by atoms with Crippen LogP contribution in [0.15, 0.2) is 52.9 Å².